The minimum atomic E-state index is 0. The van der Waals surface area contributed by atoms with E-state index >= 15 is 0 Å². The number of nitrogens with zero attached hydrogens (tertiary/aromatic N) is 22. The third kappa shape index (κ3) is 33.6. The van der Waals surface area contributed by atoms with Crippen molar-refractivity contribution in [3.05, 3.63) is 157 Å². The third-order valence-electron chi connectivity index (χ3n) is 9.16. The Bertz CT molecular complexity index is 2030. The summed E-state index contributed by atoms with van der Waals surface area (Å²) in [4.78, 5) is 23.5. The molecular formula is C53H84N22. The molecular weight excluding hydrogens is 945 g/mol. The Morgan fingerprint density at radius 3 is 1.23 bits per heavy atom. The molecule has 22 heteroatoms. The highest BCUT2D eigenvalue weighted by Crippen LogP contribution is 2.17. The van der Waals surface area contributed by atoms with Gasteiger partial charge in [0.2, 0.25) is 0 Å². The van der Waals surface area contributed by atoms with Crippen LogP contribution < -0.4 is 0 Å². The molecule has 0 spiro atoms. The normalized spacial score (nSPS) is 10.0. The second-order valence-electron chi connectivity index (χ2n) is 18.8. The lowest BCUT2D eigenvalue weighted by atomic mass is 9.92. The first kappa shape index (κ1) is 69.3. The number of rotatable bonds is 7. The molecule has 8 aromatic heterocycles. The quantitative estimate of drug-likeness (QED) is 0.143. The lowest BCUT2D eigenvalue weighted by Gasteiger charge is -2.14. The fourth-order valence-electron chi connectivity index (χ4n) is 4.59. The summed E-state index contributed by atoms with van der Waals surface area (Å²) in [6, 6.07) is 7.75. The van der Waals surface area contributed by atoms with Crippen molar-refractivity contribution in [3.8, 4) is 0 Å². The standard InChI is InChI=1S/C7H11N3.2C7H10N2.5C6H9N3.2CH4/c1-7(2,3)6-4-5-8-10-9-6;1-6(2)7-3-4-8-9-5-7;1-6(2)7-4-3-5-8-9-7;1-5(2)6-8-3-7-4-9-6;1-5(2)6-3-8-9-4-7-6;1-5(2)6-3-7-4-8-9-6;1-5(2)6-3-7-9-8-4-6;1-5(2)6-7-3-4-8-9-6;;/h4-5H,1-3H3;2*3-6H,1-2H3;5*3-5H,1-2H3;2*1H4. The van der Waals surface area contributed by atoms with Crippen LogP contribution in [0.4, 0.5) is 0 Å². The molecule has 8 heterocycles. The Balaban J connectivity index is 0. The lowest BCUT2D eigenvalue weighted by molar-refractivity contribution is 0.550. The van der Waals surface area contributed by atoms with Crippen LogP contribution in [0.3, 0.4) is 0 Å². The van der Waals surface area contributed by atoms with Gasteiger partial charge < -0.3 is 0 Å². The van der Waals surface area contributed by atoms with Gasteiger partial charge in [0, 0.05) is 35.8 Å². The van der Waals surface area contributed by atoms with Crippen molar-refractivity contribution < 1.29 is 0 Å². The molecule has 0 radical (unpaired) electrons. The van der Waals surface area contributed by atoms with E-state index < -0.39 is 0 Å². The van der Waals surface area contributed by atoms with Crippen LogP contribution in [0.5, 0.6) is 0 Å². The van der Waals surface area contributed by atoms with Crippen molar-refractivity contribution in [2.24, 2.45) is 0 Å². The van der Waals surface area contributed by atoms with Crippen LogP contribution in [-0.2, 0) is 5.41 Å². The van der Waals surface area contributed by atoms with Gasteiger partial charge in [-0.2, -0.15) is 35.7 Å². The van der Waals surface area contributed by atoms with E-state index in [1.807, 2.05) is 38.1 Å². The highest BCUT2D eigenvalue weighted by atomic mass is 15.3. The molecule has 0 bridgehead atoms. The summed E-state index contributed by atoms with van der Waals surface area (Å²) in [5, 5.41) is 59.2. The van der Waals surface area contributed by atoms with Crippen molar-refractivity contribution in [3.63, 3.8) is 0 Å². The first-order chi connectivity index (χ1) is 34.7. The molecule has 0 aliphatic rings. The Kier molecular flexibility index (Phi) is 37.6. The molecule has 0 saturated carbocycles. The zero-order chi connectivity index (χ0) is 54.4. The van der Waals surface area contributed by atoms with Crippen LogP contribution in [0, 0.1) is 0 Å². The Hall–Kier alpha value is -7.78. The van der Waals surface area contributed by atoms with Gasteiger partial charge in [0.1, 0.15) is 31.1 Å². The van der Waals surface area contributed by atoms with E-state index in [0.717, 1.165) is 40.0 Å². The number of hydrogen-bond donors (Lipinski definition) is 0. The minimum Gasteiger partial charge on any atom is -0.241 e. The SMILES string of the molecule is C.C.CC(C)(C)c1ccnnn1.CC(C)c1cccnn1.CC(C)c1ccnnc1.CC(C)c1cncnn1.CC(C)c1cnncn1.CC(C)c1cnnnc1.CC(C)c1nccnn1.CC(C)c1ncncn1. The van der Waals surface area contributed by atoms with Gasteiger partial charge in [-0.1, -0.05) is 133 Å². The Morgan fingerprint density at radius 1 is 0.333 bits per heavy atom. The van der Waals surface area contributed by atoms with E-state index in [2.05, 4.69) is 216 Å². The maximum Gasteiger partial charge on any atom is 0.153 e. The van der Waals surface area contributed by atoms with Gasteiger partial charge >= 0.3 is 0 Å². The van der Waals surface area contributed by atoms with Crippen LogP contribution in [-0.4, -0.2) is 112 Å². The van der Waals surface area contributed by atoms with E-state index in [0.29, 0.717) is 41.4 Å². The van der Waals surface area contributed by atoms with E-state index in [1.165, 1.54) is 30.9 Å². The fourth-order valence-corrected chi connectivity index (χ4v) is 4.59. The molecule has 406 valence electrons. The zero-order valence-electron chi connectivity index (χ0n) is 45.8. The predicted octanol–water partition coefficient (Wildman–Crippen LogP) is 10.6. The van der Waals surface area contributed by atoms with Crippen LogP contribution in [0.25, 0.3) is 0 Å². The number of hydrogen-bond acceptors (Lipinski definition) is 22. The Labute approximate surface area is 446 Å². The number of aromatic nitrogens is 22. The highest BCUT2D eigenvalue weighted by molar-refractivity contribution is 5.10. The smallest absolute Gasteiger partial charge is 0.153 e. The second-order valence-corrected chi connectivity index (χ2v) is 18.8. The van der Waals surface area contributed by atoms with Crippen molar-refractivity contribution >= 4 is 0 Å². The maximum absolute atomic E-state index is 4.00. The molecule has 0 N–H and O–H groups in total. The maximum atomic E-state index is 4.00. The van der Waals surface area contributed by atoms with Gasteiger partial charge in [-0.05, 0) is 75.4 Å². The topological polar surface area (TPSA) is 284 Å². The average Bonchev–Trinajstić information content (AvgIpc) is 3.41. The summed E-state index contributed by atoms with van der Waals surface area (Å²) < 4.78 is 0. The molecule has 0 saturated heterocycles. The minimum absolute atomic E-state index is 0. The molecule has 0 atom stereocenters. The fraction of sp³-hybridized carbons (Fsp3) is 0.509. The highest BCUT2D eigenvalue weighted by Gasteiger charge is 2.14. The van der Waals surface area contributed by atoms with Gasteiger partial charge in [0.15, 0.2) is 5.82 Å². The molecule has 0 fully saturated rings. The molecule has 75 heavy (non-hydrogen) atoms. The summed E-state index contributed by atoms with van der Waals surface area (Å²) in [6.45, 7) is 35.4. The van der Waals surface area contributed by atoms with Crippen molar-refractivity contribution in [1.29, 1.82) is 0 Å². The molecule has 0 unspecified atom stereocenters. The summed E-state index contributed by atoms with van der Waals surface area (Å²) in [6.07, 6.45) is 22.9. The molecule has 8 aromatic rings. The summed E-state index contributed by atoms with van der Waals surface area (Å²) in [5.74, 6) is 4.83. The molecule has 8 rings (SSSR count). The molecule has 0 amide bonds. The molecule has 0 aromatic carbocycles. The predicted molar refractivity (Wildman–Crippen MR) is 294 cm³/mol. The molecule has 0 aliphatic carbocycles. The summed E-state index contributed by atoms with van der Waals surface area (Å²) in [7, 11) is 0. The lowest BCUT2D eigenvalue weighted by Crippen LogP contribution is -2.14. The van der Waals surface area contributed by atoms with Crippen molar-refractivity contribution in [2.75, 3.05) is 0 Å². The van der Waals surface area contributed by atoms with E-state index in [1.54, 1.807) is 62.0 Å². The van der Waals surface area contributed by atoms with Crippen LogP contribution in [0.2, 0.25) is 0 Å². The van der Waals surface area contributed by atoms with Gasteiger partial charge in [-0.15, -0.1) is 35.7 Å². The summed E-state index contributed by atoms with van der Waals surface area (Å²) in [5.41, 5.74) is 6.41. The van der Waals surface area contributed by atoms with Crippen LogP contribution in [0.1, 0.15) is 220 Å². The monoisotopic (exact) mass is 1030 g/mol. The first-order valence-electron chi connectivity index (χ1n) is 24.1. The van der Waals surface area contributed by atoms with Crippen LogP contribution in [0.15, 0.2) is 112 Å². The van der Waals surface area contributed by atoms with Gasteiger partial charge in [-0.25, -0.2) is 29.9 Å². The first-order valence-corrected chi connectivity index (χ1v) is 24.1. The molecule has 0 aliphatic heterocycles. The van der Waals surface area contributed by atoms with Crippen LogP contribution >= 0.6 is 0 Å². The largest absolute Gasteiger partial charge is 0.241 e. The Morgan fingerprint density at radius 2 is 0.907 bits per heavy atom. The molecule has 22 nitrogen and oxygen atoms in total. The zero-order valence-corrected chi connectivity index (χ0v) is 45.8. The van der Waals surface area contributed by atoms with E-state index in [4.69, 9.17) is 0 Å². The average molecular weight is 1030 g/mol. The second kappa shape index (κ2) is 40.7. The van der Waals surface area contributed by atoms with Crippen molar-refractivity contribution in [1.82, 2.24) is 112 Å². The summed E-state index contributed by atoms with van der Waals surface area (Å²) >= 11 is 0. The van der Waals surface area contributed by atoms with Gasteiger partial charge in [0.25, 0.3) is 0 Å². The van der Waals surface area contributed by atoms with E-state index in [-0.39, 0.29) is 20.3 Å². The van der Waals surface area contributed by atoms with Gasteiger partial charge in [-0.3, -0.25) is 0 Å². The third-order valence-corrected chi connectivity index (χ3v) is 9.16. The van der Waals surface area contributed by atoms with Crippen molar-refractivity contribution in [2.45, 2.75) is 179 Å². The van der Waals surface area contributed by atoms with Gasteiger partial charge in [0.05, 0.1) is 66.2 Å². The van der Waals surface area contributed by atoms with E-state index in [9.17, 15) is 0 Å².